The third-order valence-electron chi connectivity index (χ3n) is 3.26. The average Bonchev–Trinajstić information content (AvgIpc) is 2.84. The molecule has 0 spiro atoms. The van der Waals surface area contributed by atoms with Gasteiger partial charge in [-0.1, -0.05) is 50.6 Å². The summed E-state index contributed by atoms with van der Waals surface area (Å²) in [7, 11) is 0. The molecule has 0 aliphatic carbocycles. The molecule has 0 radical (unpaired) electrons. The third kappa shape index (κ3) is 3.67. The third-order valence-corrected chi connectivity index (χ3v) is 4.00. The Morgan fingerprint density at radius 2 is 1.85 bits per heavy atom. The van der Waals surface area contributed by atoms with Gasteiger partial charge in [-0.05, 0) is 13.8 Å². The molecule has 0 aliphatic heterocycles. The highest BCUT2D eigenvalue weighted by Crippen LogP contribution is 2.25. The fraction of sp³-hybridized carbons (Fsp3) is 0.375. The number of aryl methyl sites for hydroxylation is 1. The standard InChI is InChI=1S/C16H21N3S/c1-11-6-8-13(9-7-11)14-10-20-15(17-14)19-18-12(2)16(3,4)5/h6-10H,1-5H3,(H,17,19). The first-order valence-corrected chi connectivity index (χ1v) is 7.57. The SMILES string of the molecule is CC(=NNc1nc(-c2ccc(C)cc2)cs1)C(C)(C)C. The summed E-state index contributed by atoms with van der Waals surface area (Å²) in [4.78, 5) is 4.56. The van der Waals surface area contributed by atoms with Gasteiger partial charge in [0.15, 0.2) is 0 Å². The quantitative estimate of drug-likeness (QED) is 0.640. The van der Waals surface area contributed by atoms with E-state index >= 15 is 0 Å². The topological polar surface area (TPSA) is 37.3 Å². The number of rotatable bonds is 3. The zero-order chi connectivity index (χ0) is 14.8. The summed E-state index contributed by atoms with van der Waals surface area (Å²) in [5, 5.41) is 7.28. The van der Waals surface area contributed by atoms with E-state index in [0.29, 0.717) is 0 Å². The molecule has 0 aliphatic rings. The maximum absolute atomic E-state index is 4.56. The number of hydrogen-bond donors (Lipinski definition) is 1. The van der Waals surface area contributed by atoms with E-state index in [1.807, 2.05) is 6.92 Å². The molecule has 0 fully saturated rings. The van der Waals surface area contributed by atoms with E-state index in [1.165, 1.54) is 5.56 Å². The van der Waals surface area contributed by atoms with E-state index in [1.54, 1.807) is 11.3 Å². The summed E-state index contributed by atoms with van der Waals surface area (Å²) in [5.74, 6) is 0. The average molecular weight is 287 g/mol. The molecule has 0 unspecified atom stereocenters. The number of hydrazone groups is 1. The van der Waals surface area contributed by atoms with Crippen LogP contribution in [0.1, 0.15) is 33.3 Å². The normalized spacial score (nSPS) is 12.6. The van der Waals surface area contributed by atoms with Gasteiger partial charge in [-0.15, -0.1) is 11.3 Å². The van der Waals surface area contributed by atoms with Crippen LogP contribution in [0.15, 0.2) is 34.7 Å². The van der Waals surface area contributed by atoms with Crippen molar-refractivity contribution in [3.05, 3.63) is 35.2 Å². The van der Waals surface area contributed by atoms with Gasteiger partial charge in [0.25, 0.3) is 0 Å². The van der Waals surface area contributed by atoms with E-state index in [2.05, 4.69) is 72.9 Å². The number of benzene rings is 1. The molecular formula is C16H21N3S. The predicted molar refractivity (Wildman–Crippen MR) is 88.5 cm³/mol. The highest BCUT2D eigenvalue weighted by Gasteiger charge is 2.14. The van der Waals surface area contributed by atoms with Crippen LogP contribution in [0.4, 0.5) is 5.13 Å². The molecule has 2 rings (SSSR count). The van der Waals surface area contributed by atoms with Gasteiger partial charge in [-0.25, -0.2) is 4.98 Å². The van der Waals surface area contributed by atoms with Gasteiger partial charge >= 0.3 is 0 Å². The van der Waals surface area contributed by atoms with Crippen molar-refractivity contribution < 1.29 is 0 Å². The first kappa shape index (κ1) is 14.7. The lowest BCUT2D eigenvalue weighted by atomic mass is 9.91. The summed E-state index contributed by atoms with van der Waals surface area (Å²) in [6.45, 7) is 10.6. The lowest BCUT2D eigenvalue weighted by Crippen LogP contribution is -2.18. The number of aromatic nitrogens is 1. The van der Waals surface area contributed by atoms with E-state index in [9.17, 15) is 0 Å². The van der Waals surface area contributed by atoms with E-state index < -0.39 is 0 Å². The first-order valence-electron chi connectivity index (χ1n) is 6.69. The highest BCUT2D eigenvalue weighted by atomic mass is 32.1. The minimum atomic E-state index is 0.0735. The minimum Gasteiger partial charge on any atom is -0.253 e. The maximum atomic E-state index is 4.56. The van der Waals surface area contributed by atoms with Crippen molar-refractivity contribution >= 4 is 22.2 Å². The molecule has 1 heterocycles. The molecule has 0 bridgehead atoms. The number of anilines is 1. The van der Waals surface area contributed by atoms with Crippen LogP contribution in [0.25, 0.3) is 11.3 Å². The van der Waals surface area contributed by atoms with Crippen molar-refractivity contribution in [2.75, 3.05) is 5.43 Å². The van der Waals surface area contributed by atoms with Crippen LogP contribution in [-0.2, 0) is 0 Å². The van der Waals surface area contributed by atoms with Crippen LogP contribution >= 0.6 is 11.3 Å². The molecule has 20 heavy (non-hydrogen) atoms. The summed E-state index contributed by atoms with van der Waals surface area (Å²) in [5.41, 5.74) is 7.56. The number of nitrogens with zero attached hydrogens (tertiary/aromatic N) is 2. The summed E-state index contributed by atoms with van der Waals surface area (Å²) in [6, 6.07) is 8.39. The second-order valence-corrected chi connectivity index (χ2v) is 6.82. The van der Waals surface area contributed by atoms with Crippen molar-refractivity contribution in [1.82, 2.24) is 4.98 Å². The Morgan fingerprint density at radius 3 is 2.45 bits per heavy atom. The van der Waals surface area contributed by atoms with Gasteiger partial charge in [0.1, 0.15) is 0 Å². The summed E-state index contributed by atoms with van der Waals surface area (Å²) in [6.07, 6.45) is 0. The molecule has 3 nitrogen and oxygen atoms in total. The van der Waals surface area contributed by atoms with Gasteiger partial charge < -0.3 is 0 Å². The Labute approximate surface area is 124 Å². The smallest absolute Gasteiger partial charge is 0.203 e. The van der Waals surface area contributed by atoms with Crippen LogP contribution in [-0.4, -0.2) is 10.7 Å². The van der Waals surface area contributed by atoms with Crippen LogP contribution in [0.3, 0.4) is 0 Å². The Kier molecular flexibility index (Phi) is 4.23. The van der Waals surface area contributed by atoms with Crippen LogP contribution in [0, 0.1) is 12.3 Å². The summed E-state index contributed by atoms with van der Waals surface area (Å²) < 4.78 is 0. The van der Waals surface area contributed by atoms with Gasteiger partial charge in [0.2, 0.25) is 5.13 Å². The molecule has 0 amide bonds. The van der Waals surface area contributed by atoms with E-state index in [0.717, 1.165) is 22.1 Å². The van der Waals surface area contributed by atoms with Gasteiger partial charge in [-0.3, -0.25) is 5.43 Å². The molecule has 0 atom stereocenters. The monoisotopic (exact) mass is 287 g/mol. The molecule has 1 aromatic carbocycles. The molecule has 4 heteroatoms. The number of hydrogen-bond acceptors (Lipinski definition) is 4. The zero-order valence-corrected chi connectivity index (χ0v) is 13.5. The predicted octanol–water partition coefficient (Wildman–Crippen LogP) is 4.95. The first-order chi connectivity index (χ1) is 9.36. The van der Waals surface area contributed by atoms with Crippen molar-refractivity contribution in [2.45, 2.75) is 34.6 Å². The molecule has 1 N–H and O–H groups in total. The van der Waals surface area contributed by atoms with Crippen LogP contribution < -0.4 is 5.43 Å². The second-order valence-electron chi connectivity index (χ2n) is 5.96. The lowest BCUT2D eigenvalue weighted by Gasteiger charge is -2.17. The number of nitrogens with one attached hydrogen (secondary N) is 1. The fourth-order valence-electron chi connectivity index (χ4n) is 1.48. The second kappa shape index (κ2) is 5.75. The molecular weight excluding hydrogens is 266 g/mol. The van der Waals surface area contributed by atoms with Gasteiger partial charge in [-0.2, -0.15) is 5.10 Å². The molecule has 0 saturated heterocycles. The van der Waals surface area contributed by atoms with Crippen LogP contribution in [0.2, 0.25) is 0 Å². The largest absolute Gasteiger partial charge is 0.253 e. The Bertz CT molecular complexity index is 603. The molecule has 2 aromatic rings. The van der Waals surface area contributed by atoms with Crippen molar-refractivity contribution in [3.8, 4) is 11.3 Å². The van der Waals surface area contributed by atoms with Gasteiger partial charge in [0.05, 0.1) is 5.69 Å². The maximum Gasteiger partial charge on any atom is 0.203 e. The highest BCUT2D eigenvalue weighted by molar-refractivity contribution is 7.14. The lowest BCUT2D eigenvalue weighted by molar-refractivity contribution is 0.587. The minimum absolute atomic E-state index is 0.0735. The van der Waals surface area contributed by atoms with Crippen molar-refractivity contribution in [1.29, 1.82) is 0 Å². The zero-order valence-electron chi connectivity index (χ0n) is 12.7. The summed E-state index contributed by atoms with van der Waals surface area (Å²) >= 11 is 1.57. The molecule has 106 valence electrons. The van der Waals surface area contributed by atoms with Gasteiger partial charge in [0, 0.05) is 22.1 Å². The number of thiazole rings is 1. The molecule has 0 saturated carbocycles. The van der Waals surface area contributed by atoms with Crippen molar-refractivity contribution in [2.24, 2.45) is 10.5 Å². The van der Waals surface area contributed by atoms with E-state index in [-0.39, 0.29) is 5.41 Å². The van der Waals surface area contributed by atoms with E-state index in [4.69, 9.17) is 0 Å². The Morgan fingerprint density at radius 1 is 1.20 bits per heavy atom. The van der Waals surface area contributed by atoms with Crippen molar-refractivity contribution in [3.63, 3.8) is 0 Å². The Balaban J connectivity index is 2.12. The Hall–Kier alpha value is -1.68. The van der Waals surface area contributed by atoms with Crippen LogP contribution in [0.5, 0.6) is 0 Å². The molecule has 1 aromatic heterocycles. The fourth-order valence-corrected chi connectivity index (χ4v) is 2.14.